The van der Waals surface area contributed by atoms with Crippen LogP contribution in [0.1, 0.15) is 20.8 Å². The smallest absolute Gasteiger partial charge is 0.217 e. The van der Waals surface area contributed by atoms with Crippen LogP contribution in [-0.4, -0.2) is 393 Å². The average Bonchev–Trinajstić information content (AvgIpc) is 0.821. The van der Waals surface area contributed by atoms with Gasteiger partial charge in [-0.2, -0.15) is 0 Å². The van der Waals surface area contributed by atoms with Gasteiger partial charge in [0, 0.05) is 70.5 Å². The van der Waals surface area contributed by atoms with E-state index >= 15 is 0 Å². The van der Waals surface area contributed by atoms with E-state index < -0.39 is 135 Å². The molecule has 0 aromatic carbocycles. The second-order valence-corrected chi connectivity index (χ2v) is 24.4. The number of carbonyl (C=O) groups excluding carboxylic acids is 3. The molecular weight excluding hydrogens is 1430 g/mol. The Morgan fingerprint density at radius 3 is 0.916 bits per heavy atom. The van der Waals surface area contributed by atoms with Gasteiger partial charge >= 0.3 is 0 Å². The van der Waals surface area contributed by atoms with Crippen LogP contribution in [0.25, 0.3) is 10.4 Å². The van der Waals surface area contributed by atoms with Crippen molar-refractivity contribution in [2.75, 3.05) is 238 Å². The molecule has 3 rings (SSSR count). The molecule has 0 aliphatic carbocycles. The Morgan fingerprint density at radius 2 is 0.645 bits per heavy atom. The van der Waals surface area contributed by atoms with Gasteiger partial charge in [0.2, 0.25) is 17.7 Å². The van der Waals surface area contributed by atoms with E-state index in [-0.39, 0.29) is 178 Å². The van der Waals surface area contributed by atoms with Crippen LogP contribution in [-0.2, 0) is 104 Å². The number of hydrogen-bond acceptors (Lipinski definition) is 38. The summed E-state index contributed by atoms with van der Waals surface area (Å²) in [4.78, 5) is 37.8. The SMILES string of the molecule is CC(=O)NC1[C@H](OCCOCCOCCN/C=C(\N)COCC(COCCOCCOCCOCCN=[N+]=[N-])(COC/C(N)=C/NCCOCCOCCO[C@@H]2OC(CO)[C@H](O)[C@H](O)C2NC(C)=O)COC/C(N)=C/NCCOCCOCCO[C@@H]2OC(CO)[C@H](O)[C@H](O)C2NC(C)=O)OC(CO)[C@H](O)[C@@H]1O. The van der Waals surface area contributed by atoms with E-state index in [0.717, 1.165) is 0 Å². The molecule has 3 amide bonds. The molecule has 43 nitrogen and oxygen atoms in total. The number of carbonyl (C=O) groups is 3. The molecule has 0 aromatic rings. The van der Waals surface area contributed by atoms with Crippen LogP contribution in [0, 0.1) is 5.41 Å². The molecule has 0 aromatic heterocycles. The van der Waals surface area contributed by atoms with Crippen LogP contribution in [0.2, 0.25) is 0 Å². The van der Waals surface area contributed by atoms with Gasteiger partial charge in [0.05, 0.1) is 234 Å². The molecule has 0 bridgehead atoms. The van der Waals surface area contributed by atoms with Crippen molar-refractivity contribution in [2.45, 2.75) is 113 Å². The lowest BCUT2D eigenvalue weighted by Gasteiger charge is -2.42. The highest BCUT2D eigenvalue weighted by Crippen LogP contribution is 2.26. The summed E-state index contributed by atoms with van der Waals surface area (Å²) in [6, 6.07) is -3.22. The molecule has 3 saturated heterocycles. The van der Waals surface area contributed by atoms with Gasteiger partial charge in [-0.3, -0.25) is 14.4 Å². The fourth-order valence-corrected chi connectivity index (χ4v) is 10.1. The Bertz CT molecular complexity index is 2260. The van der Waals surface area contributed by atoms with Crippen LogP contribution in [0.4, 0.5) is 0 Å². The van der Waals surface area contributed by atoms with Crippen LogP contribution in [0.15, 0.2) is 40.8 Å². The lowest BCUT2D eigenvalue weighted by atomic mass is 9.92. The van der Waals surface area contributed by atoms with E-state index in [1.807, 2.05) is 0 Å². The van der Waals surface area contributed by atoms with Crippen molar-refractivity contribution in [3.05, 3.63) is 46.1 Å². The third-order valence-corrected chi connectivity index (χ3v) is 15.4. The van der Waals surface area contributed by atoms with E-state index in [2.05, 4.69) is 41.9 Å². The first-order chi connectivity index (χ1) is 51.7. The molecule has 0 radical (unpaired) electrons. The molecule has 3 aliphatic heterocycles. The maximum absolute atomic E-state index is 11.7. The minimum Gasteiger partial charge on any atom is -0.399 e. The third-order valence-electron chi connectivity index (χ3n) is 15.4. The summed E-state index contributed by atoms with van der Waals surface area (Å²) in [7, 11) is 0. The third kappa shape index (κ3) is 42.0. The predicted molar refractivity (Wildman–Crippen MR) is 372 cm³/mol. The zero-order valence-electron chi connectivity index (χ0n) is 61.4. The van der Waals surface area contributed by atoms with Crippen molar-refractivity contribution < 1.29 is 150 Å². The van der Waals surface area contributed by atoms with Crippen molar-refractivity contribution in [1.29, 1.82) is 0 Å². The molecule has 622 valence electrons. The summed E-state index contributed by atoms with van der Waals surface area (Å²) < 4.78 is 109. The van der Waals surface area contributed by atoms with E-state index in [1.165, 1.54) is 20.8 Å². The number of ether oxygens (including phenoxy) is 19. The number of amides is 3. The molecule has 21 N–H and O–H groups in total. The highest BCUT2D eigenvalue weighted by molar-refractivity contribution is 5.74. The summed E-state index contributed by atoms with van der Waals surface area (Å²) in [6.45, 7) is 7.67. The van der Waals surface area contributed by atoms with Crippen molar-refractivity contribution in [2.24, 2.45) is 27.7 Å². The van der Waals surface area contributed by atoms with Crippen molar-refractivity contribution in [3.63, 3.8) is 0 Å². The first kappa shape index (κ1) is 95.8. The van der Waals surface area contributed by atoms with Gasteiger partial charge < -0.3 is 185 Å². The molecule has 6 unspecified atom stereocenters. The number of rotatable bonds is 65. The quantitative estimate of drug-likeness (QED) is 0.0116. The number of nitrogens with zero attached hydrogens (tertiary/aromatic N) is 3. The number of nitrogens with two attached hydrogens (primary N) is 3. The summed E-state index contributed by atoms with van der Waals surface area (Å²) in [6.07, 6.45) is -10.7. The Kier molecular flexibility index (Phi) is 53.2. The van der Waals surface area contributed by atoms with E-state index in [4.69, 9.17) is 113 Å². The van der Waals surface area contributed by atoms with E-state index in [1.54, 1.807) is 18.6 Å². The monoisotopic (exact) mass is 1550 g/mol. The Hall–Kier alpha value is -5.38. The molecule has 3 fully saturated rings. The van der Waals surface area contributed by atoms with Gasteiger partial charge in [-0.1, -0.05) is 5.11 Å². The molecule has 0 spiro atoms. The summed E-state index contributed by atoms with van der Waals surface area (Å²) >= 11 is 0. The van der Waals surface area contributed by atoms with Crippen molar-refractivity contribution >= 4 is 17.7 Å². The summed E-state index contributed by atoms with van der Waals surface area (Å²) in [5.41, 5.74) is 27.6. The first-order valence-electron chi connectivity index (χ1n) is 35.3. The highest BCUT2D eigenvalue weighted by Gasteiger charge is 2.48. The van der Waals surface area contributed by atoms with Crippen molar-refractivity contribution in [1.82, 2.24) is 31.9 Å². The molecule has 15 atom stereocenters. The van der Waals surface area contributed by atoms with Crippen molar-refractivity contribution in [3.8, 4) is 0 Å². The number of hydrogen-bond donors (Lipinski definition) is 18. The molecule has 3 aliphatic rings. The van der Waals surface area contributed by atoms with Gasteiger partial charge in [-0.25, -0.2) is 0 Å². The zero-order chi connectivity index (χ0) is 78.3. The molecular formula is C64H120N12O31. The number of aliphatic hydroxyl groups excluding tert-OH is 9. The van der Waals surface area contributed by atoms with Gasteiger partial charge in [0.25, 0.3) is 0 Å². The number of aliphatic hydroxyl groups is 9. The topological polar surface area (TPSA) is 608 Å². The highest BCUT2D eigenvalue weighted by atomic mass is 16.7. The molecule has 107 heavy (non-hydrogen) atoms. The number of nitrogens with one attached hydrogen (secondary N) is 6. The minimum atomic E-state index is -1.44. The fourth-order valence-electron chi connectivity index (χ4n) is 10.1. The summed E-state index contributed by atoms with van der Waals surface area (Å²) in [5.74, 6) is -1.42. The van der Waals surface area contributed by atoms with Gasteiger partial charge in [-0.05, 0) is 5.53 Å². The molecule has 43 heteroatoms. The first-order valence-corrected chi connectivity index (χ1v) is 35.3. The van der Waals surface area contributed by atoms with E-state index in [0.29, 0.717) is 56.5 Å². The van der Waals surface area contributed by atoms with Crippen LogP contribution in [0.3, 0.4) is 0 Å². The predicted octanol–water partition coefficient (Wildman–Crippen LogP) is -8.45. The summed E-state index contributed by atoms with van der Waals surface area (Å²) in [5, 5.41) is 111. The van der Waals surface area contributed by atoms with Crippen LogP contribution >= 0.6 is 0 Å². The maximum atomic E-state index is 11.7. The Balaban J connectivity index is 1.55. The van der Waals surface area contributed by atoms with Crippen LogP contribution in [0.5, 0.6) is 0 Å². The van der Waals surface area contributed by atoms with Gasteiger partial charge in [0.15, 0.2) is 18.9 Å². The van der Waals surface area contributed by atoms with E-state index in [9.17, 15) is 60.3 Å². The Morgan fingerprint density at radius 1 is 0.393 bits per heavy atom. The normalized spacial score (nSPS) is 25.5. The zero-order valence-corrected chi connectivity index (χ0v) is 61.4. The van der Waals surface area contributed by atoms with Crippen LogP contribution < -0.4 is 49.1 Å². The molecule has 3 heterocycles. The second-order valence-electron chi connectivity index (χ2n) is 24.4. The second kappa shape index (κ2) is 59.4. The van der Waals surface area contributed by atoms with Gasteiger partial charge in [0.1, 0.15) is 73.1 Å². The number of azide groups is 1. The standard InChI is InChI=1S/C64H120N12O31/c1-43(80)73-52-58(86)55(83)49(33-77)105-61(52)102-27-24-95-17-12-89-8-4-69-30-46(65)36-99-40-64(39-98-23-22-94-21-20-93-16-15-92-11-7-72-76-68,41-100-37-47(66)31-70-5-9-90-13-18-96-25-28-103-62-53(74-44(2)81)59(87)56(84)50(34-78)106-62)42-101-38-48(67)32-71-6-10-91-14-19-97-26-29-104-63-54(75-45(3)82)60(88)57(85)51(35-79)107-63/h30-32,49-63,69-71,77-79,83-88H,4-29,33-42,65-67H2,1-3H3,(H,73,80)(H,74,81)(H,75,82)/b46-30-,47-31-,48-32-/t49?,50?,51?,52?,53?,54?,55-,56-,57-,58+,59+,60+,61+,62+,63+,64?/m0/s1. The molecule has 0 saturated carbocycles. The maximum Gasteiger partial charge on any atom is 0.217 e. The lowest BCUT2D eigenvalue weighted by Crippen LogP contribution is -2.64. The Labute approximate surface area is 622 Å². The lowest BCUT2D eigenvalue weighted by molar-refractivity contribution is -0.272. The fraction of sp³-hybridized carbons (Fsp3) is 0.859. The average molecular weight is 1550 g/mol. The van der Waals surface area contributed by atoms with Gasteiger partial charge in [-0.15, -0.1) is 0 Å². The minimum absolute atomic E-state index is 0.00141. The largest absolute Gasteiger partial charge is 0.399 e.